The van der Waals surface area contributed by atoms with Gasteiger partial charge in [0, 0.05) is 7.05 Å². The van der Waals surface area contributed by atoms with Crippen LogP contribution in [0.3, 0.4) is 0 Å². The minimum absolute atomic E-state index is 0.292. The van der Waals surface area contributed by atoms with Crippen molar-refractivity contribution in [3.8, 4) is 0 Å². The lowest BCUT2D eigenvalue weighted by Gasteiger charge is -2.03. The second-order valence-electron chi connectivity index (χ2n) is 2.80. The maximum absolute atomic E-state index is 11.4. The number of nitrogens with one attached hydrogen (secondary N) is 1. The van der Waals surface area contributed by atoms with Crippen molar-refractivity contribution >= 4 is 11.9 Å². The van der Waals surface area contributed by atoms with Gasteiger partial charge >= 0.3 is 6.03 Å². The number of likely N-dealkylation sites (N-methyl/N-ethyl adjacent to an activating group) is 1. The van der Waals surface area contributed by atoms with E-state index in [2.05, 4.69) is 5.32 Å². The lowest BCUT2D eigenvalue weighted by atomic mass is 10.2. The van der Waals surface area contributed by atoms with Crippen LogP contribution in [0.4, 0.5) is 4.79 Å². The van der Waals surface area contributed by atoms with Crippen LogP contribution in [0.5, 0.6) is 0 Å². The zero-order valence-electron chi connectivity index (χ0n) is 6.98. The predicted octanol–water partition coefficient (Wildman–Crippen LogP) is 0.502. The van der Waals surface area contributed by atoms with Crippen molar-refractivity contribution in [2.75, 3.05) is 7.05 Å². The number of carbonyl (C=O) groups is 2. The Hall–Kier alpha value is -1.78. The molecule has 1 fully saturated rings. The molecule has 1 atom stereocenters. The monoisotopic (exact) mass is 180 g/mol. The summed E-state index contributed by atoms with van der Waals surface area (Å²) in [5.74, 6) is 0.169. The Morgan fingerprint density at radius 2 is 2.31 bits per heavy atom. The number of carbonyl (C=O) groups excluding carboxylic acids is 2. The molecule has 1 unspecified atom stereocenters. The van der Waals surface area contributed by atoms with Crippen LogP contribution in [0.15, 0.2) is 22.8 Å². The van der Waals surface area contributed by atoms with Crippen molar-refractivity contribution < 1.29 is 14.0 Å². The fourth-order valence-electron chi connectivity index (χ4n) is 1.22. The molecular weight excluding hydrogens is 172 g/mol. The second kappa shape index (κ2) is 2.62. The van der Waals surface area contributed by atoms with Crippen molar-refractivity contribution in [2.24, 2.45) is 0 Å². The summed E-state index contributed by atoms with van der Waals surface area (Å²) in [5, 5.41) is 2.50. The molecular formula is C8H8N2O3. The first-order valence-corrected chi connectivity index (χ1v) is 3.81. The third-order valence-corrected chi connectivity index (χ3v) is 1.98. The molecule has 13 heavy (non-hydrogen) atoms. The Labute approximate surface area is 74.3 Å². The lowest BCUT2D eigenvalue weighted by molar-refractivity contribution is -0.126. The third-order valence-electron chi connectivity index (χ3n) is 1.98. The first-order valence-electron chi connectivity index (χ1n) is 3.81. The highest BCUT2D eigenvalue weighted by atomic mass is 16.3. The lowest BCUT2D eigenvalue weighted by Crippen LogP contribution is -2.25. The van der Waals surface area contributed by atoms with E-state index in [-0.39, 0.29) is 5.91 Å². The van der Waals surface area contributed by atoms with E-state index >= 15 is 0 Å². The number of nitrogens with zero attached hydrogens (tertiary/aromatic N) is 1. The van der Waals surface area contributed by atoms with E-state index in [9.17, 15) is 9.59 Å². The van der Waals surface area contributed by atoms with Gasteiger partial charge in [-0.25, -0.2) is 4.79 Å². The van der Waals surface area contributed by atoms with Gasteiger partial charge in [0.2, 0.25) is 0 Å². The average Bonchev–Trinajstić information content (AvgIpc) is 2.70. The minimum Gasteiger partial charge on any atom is -0.467 e. The van der Waals surface area contributed by atoms with Gasteiger partial charge in [0.25, 0.3) is 5.91 Å². The standard InChI is InChI=1S/C8H8N2O3/c1-10-7(11)6(9-8(10)12)5-3-2-4-13-5/h2-4,6H,1H3,(H,9,12). The van der Waals surface area contributed by atoms with Crippen LogP contribution in [-0.2, 0) is 4.79 Å². The molecule has 0 bridgehead atoms. The number of imide groups is 1. The summed E-state index contributed by atoms with van der Waals surface area (Å²) in [6.07, 6.45) is 1.47. The summed E-state index contributed by atoms with van der Waals surface area (Å²) in [6, 6.07) is 2.27. The Morgan fingerprint density at radius 1 is 1.54 bits per heavy atom. The number of furan rings is 1. The number of hydrogen-bond donors (Lipinski definition) is 1. The molecule has 1 N–H and O–H groups in total. The van der Waals surface area contributed by atoms with Gasteiger partial charge < -0.3 is 9.73 Å². The Balaban J connectivity index is 2.29. The van der Waals surface area contributed by atoms with Crippen LogP contribution < -0.4 is 5.32 Å². The molecule has 1 aromatic rings. The van der Waals surface area contributed by atoms with Gasteiger partial charge in [-0.2, -0.15) is 0 Å². The van der Waals surface area contributed by atoms with E-state index in [1.807, 2.05) is 0 Å². The van der Waals surface area contributed by atoms with Crippen LogP contribution in [0.1, 0.15) is 11.8 Å². The van der Waals surface area contributed by atoms with E-state index < -0.39 is 12.1 Å². The zero-order chi connectivity index (χ0) is 9.42. The predicted molar refractivity (Wildman–Crippen MR) is 42.8 cm³/mol. The molecule has 1 saturated heterocycles. The molecule has 68 valence electrons. The molecule has 0 radical (unpaired) electrons. The minimum atomic E-state index is -0.660. The van der Waals surface area contributed by atoms with Crippen molar-refractivity contribution in [1.82, 2.24) is 10.2 Å². The summed E-state index contributed by atoms with van der Waals surface area (Å²) >= 11 is 0. The largest absolute Gasteiger partial charge is 0.467 e. The zero-order valence-corrected chi connectivity index (χ0v) is 6.98. The highest BCUT2D eigenvalue weighted by molar-refractivity contribution is 6.03. The summed E-state index contributed by atoms with van der Waals surface area (Å²) in [4.78, 5) is 23.5. The number of rotatable bonds is 1. The summed E-state index contributed by atoms with van der Waals surface area (Å²) in [6.45, 7) is 0. The van der Waals surface area contributed by atoms with Gasteiger partial charge in [-0.1, -0.05) is 0 Å². The smallest absolute Gasteiger partial charge is 0.324 e. The van der Waals surface area contributed by atoms with Crippen LogP contribution in [0.2, 0.25) is 0 Å². The molecule has 0 saturated carbocycles. The van der Waals surface area contributed by atoms with Gasteiger partial charge in [-0.3, -0.25) is 9.69 Å². The Kier molecular flexibility index (Phi) is 1.58. The molecule has 5 nitrogen and oxygen atoms in total. The normalized spacial score (nSPS) is 22.2. The van der Waals surface area contributed by atoms with E-state index in [1.54, 1.807) is 12.1 Å². The van der Waals surface area contributed by atoms with Crippen molar-refractivity contribution in [3.05, 3.63) is 24.2 Å². The Morgan fingerprint density at radius 3 is 2.77 bits per heavy atom. The molecule has 0 aromatic carbocycles. The van der Waals surface area contributed by atoms with E-state index in [4.69, 9.17) is 4.42 Å². The van der Waals surface area contributed by atoms with Crippen molar-refractivity contribution in [3.63, 3.8) is 0 Å². The highest BCUT2D eigenvalue weighted by Gasteiger charge is 2.37. The molecule has 0 spiro atoms. The molecule has 2 heterocycles. The molecule has 5 heteroatoms. The van der Waals surface area contributed by atoms with Crippen LogP contribution >= 0.6 is 0 Å². The van der Waals surface area contributed by atoms with Gasteiger partial charge in [0.05, 0.1) is 6.26 Å². The summed E-state index contributed by atoms with van der Waals surface area (Å²) in [7, 11) is 1.43. The SMILES string of the molecule is CN1C(=O)NC(c2ccco2)C1=O. The Bertz CT molecular complexity index is 344. The molecule has 1 aliphatic heterocycles. The first-order chi connectivity index (χ1) is 6.20. The number of hydrogen-bond acceptors (Lipinski definition) is 3. The fraction of sp³-hybridized carbons (Fsp3) is 0.250. The molecule has 1 aliphatic rings. The van der Waals surface area contributed by atoms with Crippen molar-refractivity contribution in [2.45, 2.75) is 6.04 Å². The molecule has 2 rings (SSSR count). The van der Waals surface area contributed by atoms with Gasteiger partial charge in [0.1, 0.15) is 5.76 Å². The van der Waals surface area contributed by atoms with Gasteiger partial charge in [-0.15, -0.1) is 0 Å². The molecule has 3 amide bonds. The maximum Gasteiger partial charge on any atom is 0.324 e. The van der Waals surface area contributed by atoms with Crippen LogP contribution in [0, 0.1) is 0 Å². The quantitative estimate of drug-likeness (QED) is 0.640. The summed E-state index contributed by atoms with van der Waals surface area (Å²) in [5.41, 5.74) is 0. The highest BCUT2D eigenvalue weighted by Crippen LogP contribution is 2.20. The van der Waals surface area contributed by atoms with Crippen molar-refractivity contribution in [1.29, 1.82) is 0 Å². The van der Waals surface area contributed by atoms with Gasteiger partial charge in [-0.05, 0) is 12.1 Å². The van der Waals surface area contributed by atoms with E-state index in [1.165, 1.54) is 13.3 Å². The molecule has 0 aliphatic carbocycles. The fourth-order valence-corrected chi connectivity index (χ4v) is 1.22. The first kappa shape index (κ1) is 7.85. The van der Waals surface area contributed by atoms with Gasteiger partial charge in [0.15, 0.2) is 6.04 Å². The van der Waals surface area contributed by atoms with E-state index in [0.29, 0.717) is 5.76 Å². The number of urea groups is 1. The van der Waals surface area contributed by atoms with Crippen LogP contribution in [0.25, 0.3) is 0 Å². The maximum atomic E-state index is 11.4. The van der Waals surface area contributed by atoms with E-state index in [0.717, 1.165) is 4.90 Å². The third kappa shape index (κ3) is 1.09. The van der Waals surface area contributed by atoms with Crippen LogP contribution in [-0.4, -0.2) is 23.9 Å². The molecule has 1 aromatic heterocycles. The second-order valence-corrected chi connectivity index (χ2v) is 2.80. The summed E-state index contributed by atoms with van der Waals surface area (Å²) < 4.78 is 5.02. The number of amides is 3. The average molecular weight is 180 g/mol. The topological polar surface area (TPSA) is 62.6 Å².